The molecular weight excluding hydrogens is 224 g/mol. The maximum atomic E-state index is 12.8. The standard InChI is InChI=1S/C15H28N2O/c1-10-15(9)11(2)16(13(3,4)5)12(18)17(15)14(6,7)8/h10-11H,1H2,2-9H3/t11-,15-/m1/s1. The van der Waals surface area contributed by atoms with Gasteiger partial charge in [0.25, 0.3) is 0 Å². The summed E-state index contributed by atoms with van der Waals surface area (Å²) in [4.78, 5) is 16.7. The normalized spacial score (nSPS) is 30.0. The van der Waals surface area contributed by atoms with Crippen LogP contribution in [0.1, 0.15) is 55.4 Å². The molecule has 0 N–H and O–H groups in total. The van der Waals surface area contributed by atoms with Crippen molar-refractivity contribution in [2.24, 2.45) is 0 Å². The Morgan fingerprint density at radius 2 is 1.61 bits per heavy atom. The fraction of sp³-hybridized carbons (Fsp3) is 0.800. The van der Waals surface area contributed by atoms with Crippen LogP contribution in [0, 0.1) is 0 Å². The summed E-state index contributed by atoms with van der Waals surface area (Å²) in [7, 11) is 0. The van der Waals surface area contributed by atoms with Crippen molar-refractivity contribution in [2.45, 2.75) is 78.0 Å². The summed E-state index contributed by atoms with van der Waals surface area (Å²) in [5.74, 6) is 0. The molecule has 1 aliphatic rings. The van der Waals surface area contributed by atoms with E-state index in [4.69, 9.17) is 0 Å². The minimum atomic E-state index is -0.331. The van der Waals surface area contributed by atoms with Gasteiger partial charge in [0.05, 0.1) is 11.6 Å². The van der Waals surface area contributed by atoms with Crippen LogP contribution in [-0.2, 0) is 0 Å². The number of urea groups is 1. The molecule has 1 heterocycles. The van der Waals surface area contributed by atoms with E-state index in [-0.39, 0.29) is 28.7 Å². The fourth-order valence-corrected chi connectivity index (χ4v) is 3.07. The fourth-order valence-electron chi connectivity index (χ4n) is 3.07. The highest BCUT2D eigenvalue weighted by Gasteiger charge is 2.56. The van der Waals surface area contributed by atoms with Crippen LogP contribution in [0.2, 0.25) is 0 Å². The molecule has 0 radical (unpaired) electrons. The average molecular weight is 252 g/mol. The van der Waals surface area contributed by atoms with Gasteiger partial charge in [-0.25, -0.2) is 4.79 Å². The first-order chi connectivity index (χ1) is 7.87. The van der Waals surface area contributed by atoms with Crippen molar-refractivity contribution < 1.29 is 4.79 Å². The third kappa shape index (κ3) is 2.04. The molecular formula is C15H28N2O. The van der Waals surface area contributed by atoms with Gasteiger partial charge in [-0.2, -0.15) is 0 Å². The van der Waals surface area contributed by atoms with E-state index in [0.717, 1.165) is 0 Å². The van der Waals surface area contributed by atoms with Gasteiger partial charge in [0.1, 0.15) is 0 Å². The van der Waals surface area contributed by atoms with E-state index < -0.39 is 0 Å². The minimum absolute atomic E-state index is 0.102. The predicted molar refractivity (Wildman–Crippen MR) is 76.6 cm³/mol. The highest BCUT2D eigenvalue weighted by molar-refractivity contribution is 5.81. The van der Waals surface area contributed by atoms with Crippen molar-refractivity contribution >= 4 is 6.03 Å². The van der Waals surface area contributed by atoms with Crippen LogP contribution in [0.25, 0.3) is 0 Å². The van der Waals surface area contributed by atoms with Gasteiger partial charge >= 0.3 is 6.03 Å². The molecule has 0 aromatic carbocycles. The summed E-state index contributed by atoms with van der Waals surface area (Å²) >= 11 is 0. The topological polar surface area (TPSA) is 23.6 Å². The Kier molecular flexibility index (Phi) is 3.35. The molecule has 0 aromatic rings. The summed E-state index contributed by atoms with van der Waals surface area (Å²) in [6, 6.07) is 0.214. The van der Waals surface area contributed by atoms with Gasteiger partial charge in [-0.15, -0.1) is 6.58 Å². The first-order valence-electron chi connectivity index (χ1n) is 6.64. The van der Waals surface area contributed by atoms with Gasteiger partial charge < -0.3 is 9.80 Å². The van der Waals surface area contributed by atoms with Crippen molar-refractivity contribution in [3.63, 3.8) is 0 Å². The zero-order chi connectivity index (χ0) is 14.5. The third-order valence-electron chi connectivity index (χ3n) is 3.92. The predicted octanol–water partition coefficient (Wildman–Crippen LogP) is 3.65. The highest BCUT2D eigenvalue weighted by atomic mass is 16.2. The Hall–Kier alpha value is -0.990. The maximum absolute atomic E-state index is 12.8. The second-order valence-corrected chi connectivity index (χ2v) is 7.44. The molecule has 1 aliphatic heterocycles. The molecule has 0 bridgehead atoms. The van der Waals surface area contributed by atoms with E-state index in [1.54, 1.807) is 0 Å². The Morgan fingerprint density at radius 1 is 1.17 bits per heavy atom. The molecule has 1 rings (SSSR count). The van der Waals surface area contributed by atoms with Crippen LogP contribution in [-0.4, -0.2) is 38.5 Å². The molecule has 104 valence electrons. The van der Waals surface area contributed by atoms with Crippen molar-refractivity contribution in [3.8, 4) is 0 Å². The molecule has 2 amide bonds. The van der Waals surface area contributed by atoms with Gasteiger partial charge in [0.15, 0.2) is 0 Å². The molecule has 0 unspecified atom stereocenters. The van der Waals surface area contributed by atoms with Gasteiger partial charge in [0, 0.05) is 11.1 Å². The SMILES string of the molecule is C=C[C@]1(C)[C@@H](C)N(C(C)(C)C)C(=O)N1C(C)(C)C. The number of carbonyl (C=O) groups is 1. The lowest BCUT2D eigenvalue weighted by Gasteiger charge is -2.42. The molecule has 0 aliphatic carbocycles. The molecule has 0 saturated carbocycles. The van der Waals surface area contributed by atoms with Gasteiger partial charge in [-0.1, -0.05) is 6.08 Å². The number of carbonyl (C=O) groups excluding carboxylic acids is 1. The summed E-state index contributed by atoms with van der Waals surface area (Å²) < 4.78 is 0. The molecule has 3 nitrogen and oxygen atoms in total. The summed E-state index contributed by atoms with van der Waals surface area (Å²) in [6.45, 7) is 20.6. The van der Waals surface area contributed by atoms with E-state index in [1.807, 2.05) is 15.9 Å². The maximum Gasteiger partial charge on any atom is 0.321 e. The average Bonchev–Trinajstić information content (AvgIpc) is 2.32. The van der Waals surface area contributed by atoms with Crippen molar-refractivity contribution in [1.29, 1.82) is 0 Å². The van der Waals surface area contributed by atoms with Crippen molar-refractivity contribution in [1.82, 2.24) is 9.80 Å². The Labute approximate surface area is 112 Å². The molecule has 0 aromatic heterocycles. The second-order valence-electron chi connectivity index (χ2n) is 7.44. The lowest BCUT2D eigenvalue weighted by molar-refractivity contribution is 0.106. The monoisotopic (exact) mass is 252 g/mol. The number of hydrogen-bond acceptors (Lipinski definition) is 1. The Balaban J connectivity index is 3.37. The third-order valence-corrected chi connectivity index (χ3v) is 3.92. The number of nitrogens with zero attached hydrogens (tertiary/aromatic N) is 2. The summed E-state index contributed by atoms with van der Waals surface area (Å²) in [6.07, 6.45) is 1.91. The molecule has 0 spiro atoms. The highest BCUT2D eigenvalue weighted by Crippen LogP contribution is 2.42. The van der Waals surface area contributed by atoms with Crippen LogP contribution in [0.5, 0.6) is 0 Å². The van der Waals surface area contributed by atoms with Gasteiger partial charge in [-0.05, 0) is 55.4 Å². The summed E-state index contributed by atoms with van der Waals surface area (Å²) in [5.41, 5.74) is -0.725. The quantitative estimate of drug-likeness (QED) is 0.653. The van der Waals surface area contributed by atoms with Crippen molar-refractivity contribution in [3.05, 3.63) is 12.7 Å². The first-order valence-corrected chi connectivity index (χ1v) is 6.64. The number of amides is 2. The van der Waals surface area contributed by atoms with E-state index >= 15 is 0 Å². The second kappa shape index (κ2) is 4.01. The minimum Gasteiger partial charge on any atom is -0.314 e. The van der Waals surface area contributed by atoms with Gasteiger partial charge in [-0.3, -0.25) is 0 Å². The molecule has 2 atom stereocenters. The lowest BCUT2D eigenvalue weighted by Crippen LogP contribution is -2.55. The zero-order valence-corrected chi connectivity index (χ0v) is 13.2. The first kappa shape index (κ1) is 15.1. The summed E-state index contributed by atoms with van der Waals surface area (Å²) in [5, 5.41) is 0. The van der Waals surface area contributed by atoms with E-state index in [9.17, 15) is 4.79 Å². The van der Waals surface area contributed by atoms with Crippen LogP contribution in [0.3, 0.4) is 0 Å². The largest absolute Gasteiger partial charge is 0.321 e. The van der Waals surface area contributed by atoms with E-state index in [2.05, 4.69) is 62.0 Å². The molecule has 3 heteroatoms. The van der Waals surface area contributed by atoms with E-state index in [1.165, 1.54) is 0 Å². The zero-order valence-electron chi connectivity index (χ0n) is 13.2. The van der Waals surface area contributed by atoms with Crippen LogP contribution in [0.4, 0.5) is 4.79 Å². The number of rotatable bonds is 1. The van der Waals surface area contributed by atoms with Crippen LogP contribution in [0.15, 0.2) is 12.7 Å². The number of hydrogen-bond donors (Lipinski definition) is 0. The van der Waals surface area contributed by atoms with E-state index in [0.29, 0.717) is 0 Å². The Morgan fingerprint density at radius 3 is 1.83 bits per heavy atom. The molecule has 1 saturated heterocycles. The van der Waals surface area contributed by atoms with Gasteiger partial charge in [0.2, 0.25) is 0 Å². The molecule has 1 fully saturated rings. The molecule has 18 heavy (non-hydrogen) atoms. The van der Waals surface area contributed by atoms with Crippen LogP contribution < -0.4 is 0 Å². The van der Waals surface area contributed by atoms with Crippen LogP contribution >= 0.6 is 0 Å². The van der Waals surface area contributed by atoms with Crippen molar-refractivity contribution in [2.75, 3.05) is 0 Å². The Bertz CT molecular complexity index is 362. The smallest absolute Gasteiger partial charge is 0.314 e. The lowest BCUT2D eigenvalue weighted by atomic mass is 9.88.